The normalized spacial score (nSPS) is 12.1. The molecule has 0 bridgehead atoms. The molecule has 0 aliphatic carbocycles. The molecule has 7 aromatic rings. The number of anilines is 2. The van der Waals surface area contributed by atoms with Crippen LogP contribution in [0.1, 0.15) is 33.5 Å². The van der Waals surface area contributed by atoms with Gasteiger partial charge in [-0.05, 0) is 61.1 Å². The summed E-state index contributed by atoms with van der Waals surface area (Å²) in [7, 11) is 1.25. The van der Waals surface area contributed by atoms with Crippen molar-refractivity contribution < 1.29 is 46.2 Å². The number of nitrogens with one attached hydrogen (secondary N) is 4. The van der Waals surface area contributed by atoms with Crippen molar-refractivity contribution >= 4 is 96.4 Å². The first-order chi connectivity index (χ1) is 35.5. The lowest BCUT2D eigenvalue weighted by atomic mass is 10.00. The molecule has 19 nitrogen and oxygen atoms in total. The predicted molar refractivity (Wildman–Crippen MR) is 284 cm³/mol. The van der Waals surface area contributed by atoms with Crippen molar-refractivity contribution in [3.05, 3.63) is 118 Å². The fourth-order valence-electron chi connectivity index (χ4n) is 7.40. The Bertz CT molecular complexity index is 3220. The number of thioether (sulfide) groups is 2. The predicted octanol–water partition coefficient (Wildman–Crippen LogP) is 6.10. The van der Waals surface area contributed by atoms with Gasteiger partial charge in [0, 0.05) is 90.1 Å². The van der Waals surface area contributed by atoms with Gasteiger partial charge in [0.25, 0.3) is 6.01 Å². The quantitative estimate of drug-likeness (QED) is 0.0251. The number of imidazole rings is 1. The maximum atomic E-state index is 15.9. The van der Waals surface area contributed by atoms with E-state index in [9.17, 15) is 27.9 Å². The highest BCUT2D eigenvalue weighted by molar-refractivity contribution is 8.00. The van der Waals surface area contributed by atoms with Crippen LogP contribution in [0.5, 0.6) is 12.0 Å². The molecule has 7 N–H and O–H groups in total. The van der Waals surface area contributed by atoms with Gasteiger partial charge >= 0.3 is 6.01 Å². The van der Waals surface area contributed by atoms with E-state index >= 15 is 8.78 Å². The fourth-order valence-corrected chi connectivity index (χ4v) is 11.1. The van der Waals surface area contributed by atoms with Crippen LogP contribution in [0.25, 0.3) is 33.3 Å². The number of rotatable bonds is 27. The van der Waals surface area contributed by atoms with Crippen molar-refractivity contribution in [2.45, 2.75) is 19.5 Å². The summed E-state index contributed by atoms with van der Waals surface area (Å²) in [5.74, 6) is -3.73. The van der Waals surface area contributed by atoms with Crippen molar-refractivity contribution in [1.82, 2.24) is 45.0 Å². The number of ether oxygens (including phenoxy) is 2. The number of aromatic amines is 1. The molecule has 7 rings (SSSR count). The van der Waals surface area contributed by atoms with Crippen LogP contribution in [0.15, 0.2) is 79.1 Å². The lowest BCUT2D eigenvalue weighted by Crippen LogP contribution is -2.37. The first-order valence-electron chi connectivity index (χ1n) is 23.0. The minimum absolute atomic E-state index is 0.0202. The third-order valence-electron chi connectivity index (χ3n) is 11.3. The number of nitrogens with two attached hydrogens (primary N) is 1. The van der Waals surface area contributed by atoms with E-state index in [1.54, 1.807) is 48.3 Å². The van der Waals surface area contributed by atoms with Gasteiger partial charge < -0.3 is 40.8 Å². The van der Waals surface area contributed by atoms with Gasteiger partial charge in [-0.15, -0.1) is 0 Å². The number of H-pyrrole nitrogens is 1. The SMILES string of the molecule is COCCOc1nc(N)c2nc(O)n(Cc3ccc(CNC(=O)CC(CSCCN(C)C)C(=O)NCCSCCS(=O)(=O)Nc4ccc(F)c(C(=O)c5c[nH]c6ncc(-c7ccc(Cl)cc7)cc56)c4F)cc3)c2n1. The molecule has 25 heteroatoms. The van der Waals surface area contributed by atoms with Crippen LogP contribution in [0, 0.1) is 17.6 Å². The maximum absolute atomic E-state index is 15.9. The van der Waals surface area contributed by atoms with Crippen LogP contribution >= 0.6 is 35.1 Å². The monoisotopic (exact) mass is 1090 g/mol. The maximum Gasteiger partial charge on any atom is 0.320 e. The van der Waals surface area contributed by atoms with Crippen LogP contribution in [-0.2, 0) is 37.4 Å². The Balaban J connectivity index is 0.880. The van der Waals surface area contributed by atoms with Crippen LogP contribution in [0.2, 0.25) is 5.02 Å². The molecule has 0 aliphatic heterocycles. The number of pyridine rings is 1. The largest absolute Gasteiger partial charge is 0.480 e. The molecule has 1 atom stereocenters. The van der Waals surface area contributed by atoms with Gasteiger partial charge in [-0.2, -0.15) is 38.5 Å². The molecule has 2 amide bonds. The highest BCUT2D eigenvalue weighted by atomic mass is 35.5. The van der Waals surface area contributed by atoms with E-state index in [4.69, 9.17) is 26.8 Å². The Morgan fingerprint density at radius 3 is 2.45 bits per heavy atom. The second-order valence-electron chi connectivity index (χ2n) is 17.0. The number of benzene rings is 3. The van der Waals surface area contributed by atoms with E-state index in [0.717, 1.165) is 41.1 Å². The standard InChI is InChI=1S/C49H54ClF2N11O8S3/c1-62(2)15-19-73-28-33(23-39(64)55-24-29-4-6-30(7-5-29)27-63-46-42(58-49(63)67)44(53)59-48(60-46)71-17-16-70-3)47(66)54-14-18-72-20-21-74(68,69)61-38-13-12-37(51)40(41(38)52)43(65)36-26-57-45-35(36)22-32(25-56-45)31-8-10-34(50)11-9-31/h4-13,22,25-26,33,61H,14-21,23-24,27-28H2,1-3H3,(H,54,66)(H,55,64)(H,56,57)(H,58,67)(H2,53,59,60). The second kappa shape index (κ2) is 25.6. The molecule has 4 aromatic heterocycles. The van der Waals surface area contributed by atoms with Gasteiger partial charge in [0.2, 0.25) is 27.6 Å². The van der Waals surface area contributed by atoms with Crippen molar-refractivity contribution in [2.24, 2.45) is 5.92 Å². The summed E-state index contributed by atoms with van der Waals surface area (Å²) in [6.45, 7) is 1.88. The lowest BCUT2D eigenvalue weighted by Gasteiger charge is -2.17. The van der Waals surface area contributed by atoms with Crippen molar-refractivity contribution in [2.75, 3.05) is 86.7 Å². The molecular weight excluding hydrogens is 1040 g/mol. The number of methoxy groups -OCH3 is 1. The smallest absolute Gasteiger partial charge is 0.320 e. The number of ketones is 1. The average Bonchev–Trinajstić information content (AvgIpc) is 3.94. The van der Waals surface area contributed by atoms with E-state index in [1.165, 1.54) is 29.6 Å². The van der Waals surface area contributed by atoms with Crippen molar-refractivity contribution in [3.63, 3.8) is 0 Å². The van der Waals surface area contributed by atoms with Crippen molar-refractivity contribution in [1.29, 1.82) is 0 Å². The summed E-state index contributed by atoms with van der Waals surface area (Å²) in [6, 6.07) is 17.4. The molecule has 0 fully saturated rings. The average molecular weight is 1090 g/mol. The summed E-state index contributed by atoms with van der Waals surface area (Å²) in [4.78, 5) is 62.1. The zero-order valence-corrected chi connectivity index (χ0v) is 43.7. The molecule has 3 aromatic carbocycles. The number of sulfonamides is 1. The third kappa shape index (κ3) is 14.6. The number of aromatic hydroxyl groups is 1. The first kappa shape index (κ1) is 55.2. The highest BCUT2D eigenvalue weighted by Crippen LogP contribution is 2.31. The summed E-state index contributed by atoms with van der Waals surface area (Å²) in [5, 5.41) is 17.2. The van der Waals surface area contributed by atoms with Crippen LogP contribution in [-0.4, -0.2) is 142 Å². The Kier molecular flexibility index (Phi) is 19.1. The molecule has 0 saturated heterocycles. The van der Waals surface area contributed by atoms with Crippen LogP contribution in [0.4, 0.5) is 20.3 Å². The summed E-state index contributed by atoms with van der Waals surface area (Å²) >= 11 is 8.80. The number of fused-ring (bicyclic) bond motifs is 2. The summed E-state index contributed by atoms with van der Waals surface area (Å²) in [5.41, 5.74) is 8.26. The number of hydrogen-bond donors (Lipinski definition) is 6. The minimum Gasteiger partial charge on any atom is -0.480 e. The van der Waals surface area contributed by atoms with Gasteiger partial charge in [0.15, 0.2) is 22.8 Å². The first-order valence-corrected chi connectivity index (χ1v) is 27.4. The number of nitrogens with zero attached hydrogens (tertiary/aromatic N) is 6. The number of amides is 2. The zero-order valence-electron chi connectivity index (χ0n) is 40.5. The van der Waals surface area contributed by atoms with E-state index in [1.807, 2.05) is 43.3 Å². The highest BCUT2D eigenvalue weighted by Gasteiger charge is 2.27. The second-order valence-corrected chi connectivity index (χ2v) is 21.7. The van der Waals surface area contributed by atoms with Crippen molar-refractivity contribution in [3.8, 4) is 23.1 Å². The molecule has 0 spiro atoms. The van der Waals surface area contributed by atoms with Crippen LogP contribution in [0.3, 0.4) is 0 Å². The van der Waals surface area contributed by atoms with Gasteiger partial charge in [0.1, 0.15) is 18.1 Å². The molecule has 74 heavy (non-hydrogen) atoms. The number of nitrogen functional groups attached to an aromatic ring is 1. The molecule has 0 saturated carbocycles. The molecule has 392 valence electrons. The Labute approximate surface area is 438 Å². The Morgan fingerprint density at radius 2 is 1.70 bits per heavy atom. The molecule has 0 aliphatic rings. The molecular formula is C49H54ClF2N11O8S3. The number of carbonyl (C=O) groups is 3. The number of hydrogen-bond acceptors (Lipinski definition) is 16. The number of halogens is 3. The number of carbonyl (C=O) groups excluding carboxylic acids is 3. The summed E-state index contributed by atoms with van der Waals surface area (Å²) < 4.78 is 71.4. The third-order valence-corrected chi connectivity index (χ3v) is 15.2. The Morgan fingerprint density at radius 1 is 0.946 bits per heavy atom. The Hall–Kier alpha value is -6.57. The van der Waals surface area contributed by atoms with E-state index < -0.39 is 50.4 Å². The van der Waals surface area contributed by atoms with E-state index in [-0.39, 0.29) is 84.8 Å². The van der Waals surface area contributed by atoms with E-state index in [0.29, 0.717) is 39.7 Å². The topological polar surface area (TPSA) is 262 Å². The van der Waals surface area contributed by atoms with E-state index in [2.05, 4.69) is 40.3 Å². The lowest BCUT2D eigenvalue weighted by molar-refractivity contribution is -0.129. The van der Waals surface area contributed by atoms with Gasteiger partial charge in [-0.3, -0.25) is 23.7 Å². The number of aromatic nitrogens is 6. The van der Waals surface area contributed by atoms with Gasteiger partial charge in [-0.1, -0.05) is 48.0 Å². The van der Waals surface area contributed by atoms with Crippen LogP contribution < -0.4 is 25.8 Å². The molecule has 4 heterocycles. The zero-order chi connectivity index (χ0) is 52.9. The fraction of sp³-hybridized carbons (Fsp3) is 0.327. The van der Waals surface area contributed by atoms with Gasteiger partial charge in [0.05, 0.1) is 36.1 Å². The minimum atomic E-state index is -4.18. The van der Waals surface area contributed by atoms with Gasteiger partial charge in [-0.25, -0.2) is 22.2 Å². The summed E-state index contributed by atoms with van der Waals surface area (Å²) in [6.07, 6.45) is 2.80. The molecule has 0 radical (unpaired) electrons. The molecule has 1 unspecified atom stereocenters.